The van der Waals surface area contributed by atoms with Crippen molar-refractivity contribution in [1.29, 1.82) is 0 Å². The predicted molar refractivity (Wildman–Crippen MR) is 131 cm³/mol. The number of carbonyl (C=O) groups is 1. The molecular weight excluding hydrogens is 482 g/mol. The van der Waals surface area contributed by atoms with Gasteiger partial charge < -0.3 is 4.42 Å². The lowest BCUT2D eigenvalue weighted by atomic mass is 10.1. The summed E-state index contributed by atoms with van der Waals surface area (Å²) >= 11 is 6.80. The molecule has 0 radical (unpaired) electrons. The summed E-state index contributed by atoms with van der Waals surface area (Å²) in [4.78, 5) is 24.8. The first-order valence-corrected chi connectivity index (χ1v) is 12.9. The third-order valence-electron chi connectivity index (χ3n) is 5.26. The summed E-state index contributed by atoms with van der Waals surface area (Å²) in [6, 6.07) is 15.7. The summed E-state index contributed by atoms with van der Waals surface area (Å²) in [5.74, 6) is -0.731. The van der Waals surface area contributed by atoms with Crippen LogP contribution in [0.25, 0.3) is 10.3 Å². The van der Waals surface area contributed by atoms with Crippen molar-refractivity contribution < 1.29 is 17.6 Å². The molecule has 0 aliphatic carbocycles. The van der Waals surface area contributed by atoms with E-state index in [-0.39, 0.29) is 16.1 Å². The summed E-state index contributed by atoms with van der Waals surface area (Å²) in [5, 5.41) is 0.425. The summed E-state index contributed by atoms with van der Waals surface area (Å²) in [6.45, 7) is 3.79. The Morgan fingerprint density at radius 2 is 1.73 bits per heavy atom. The molecule has 4 aromatic rings. The molecular formula is C24H20ClNO5S2. The standard InChI is InChI=1S/C24H20ClNO5S2/c1-3-15-5-6-16(4-2)22(13-15)33(29,30)26(23(27)17-7-9-18(25)10-8-17)19-11-12-20-21(14-19)32-24(28)31-20/h5-14H,3-4H2,1-2H3. The molecule has 0 atom stereocenters. The molecule has 3 aromatic carbocycles. The van der Waals surface area contributed by atoms with Gasteiger partial charge in [0.15, 0.2) is 0 Å². The molecule has 0 saturated carbocycles. The molecule has 0 aliphatic heterocycles. The predicted octanol–water partition coefficient (Wildman–Crippen LogP) is 5.67. The zero-order chi connectivity index (χ0) is 23.8. The first kappa shape index (κ1) is 23.2. The minimum atomic E-state index is -4.30. The second-order valence-corrected chi connectivity index (χ2v) is 10.5. The van der Waals surface area contributed by atoms with Crippen molar-refractivity contribution in [3.8, 4) is 0 Å². The van der Waals surface area contributed by atoms with E-state index in [1.165, 1.54) is 42.5 Å². The minimum absolute atomic E-state index is 0.0761. The van der Waals surface area contributed by atoms with E-state index < -0.39 is 20.9 Å². The molecule has 1 heterocycles. The fourth-order valence-corrected chi connectivity index (χ4v) is 6.09. The molecule has 0 saturated heterocycles. The molecule has 6 nitrogen and oxygen atoms in total. The number of rotatable bonds is 6. The number of nitrogens with zero attached hydrogens (tertiary/aromatic N) is 1. The maximum atomic E-state index is 14.0. The first-order valence-electron chi connectivity index (χ1n) is 10.2. The number of hydrogen-bond acceptors (Lipinski definition) is 6. The number of benzene rings is 3. The Hall–Kier alpha value is -2.94. The topological polar surface area (TPSA) is 84.7 Å². The van der Waals surface area contributed by atoms with Crippen molar-refractivity contribution in [2.24, 2.45) is 0 Å². The molecule has 1 aromatic heterocycles. The highest BCUT2D eigenvalue weighted by molar-refractivity contribution is 7.93. The summed E-state index contributed by atoms with van der Waals surface area (Å²) in [6.07, 6.45) is 1.12. The summed E-state index contributed by atoms with van der Waals surface area (Å²) in [5.41, 5.74) is 2.05. The van der Waals surface area contributed by atoms with Crippen LogP contribution in [0.4, 0.5) is 5.69 Å². The van der Waals surface area contributed by atoms with Crippen LogP contribution in [0, 0.1) is 0 Å². The van der Waals surface area contributed by atoms with Crippen LogP contribution in [0.5, 0.6) is 0 Å². The Balaban J connectivity index is 1.96. The highest BCUT2D eigenvalue weighted by atomic mass is 35.5. The number of carbonyl (C=O) groups excluding carboxylic acids is 1. The Morgan fingerprint density at radius 3 is 2.39 bits per heavy atom. The van der Waals surface area contributed by atoms with Crippen molar-refractivity contribution in [3.05, 3.63) is 92.1 Å². The van der Waals surface area contributed by atoms with E-state index in [2.05, 4.69) is 0 Å². The molecule has 33 heavy (non-hydrogen) atoms. The lowest BCUT2D eigenvalue weighted by molar-refractivity contribution is 0.101. The van der Waals surface area contributed by atoms with Crippen molar-refractivity contribution in [2.75, 3.05) is 4.31 Å². The van der Waals surface area contributed by atoms with Gasteiger partial charge in [0.1, 0.15) is 5.58 Å². The number of anilines is 1. The molecule has 0 unspecified atom stereocenters. The van der Waals surface area contributed by atoms with Gasteiger partial charge in [-0.25, -0.2) is 13.2 Å². The number of halogens is 1. The molecule has 0 bridgehead atoms. The van der Waals surface area contributed by atoms with Crippen molar-refractivity contribution in [1.82, 2.24) is 0 Å². The quantitative estimate of drug-likeness (QED) is 0.340. The number of amides is 1. The average molecular weight is 502 g/mol. The van der Waals surface area contributed by atoms with E-state index in [0.717, 1.165) is 21.2 Å². The SMILES string of the molecule is CCc1ccc(CC)c(S(=O)(=O)N(C(=O)c2ccc(Cl)cc2)c2ccc3oc(=O)sc3c2)c1. The number of sulfonamides is 1. The average Bonchev–Trinajstić information content (AvgIpc) is 3.18. The van der Waals surface area contributed by atoms with E-state index in [1.807, 2.05) is 19.9 Å². The van der Waals surface area contributed by atoms with Gasteiger partial charge in [-0.05, 0) is 72.5 Å². The monoisotopic (exact) mass is 501 g/mol. The summed E-state index contributed by atoms with van der Waals surface area (Å²) in [7, 11) is -4.30. The molecule has 0 spiro atoms. The molecule has 1 amide bonds. The molecule has 0 aliphatic rings. The number of aryl methyl sites for hydroxylation is 2. The second-order valence-electron chi connectivity index (χ2n) is 7.32. The number of fused-ring (bicyclic) bond motifs is 1. The van der Waals surface area contributed by atoms with Gasteiger partial charge in [-0.1, -0.05) is 48.9 Å². The third kappa shape index (κ3) is 4.46. The Bertz CT molecular complexity index is 1500. The van der Waals surface area contributed by atoms with E-state index >= 15 is 0 Å². The van der Waals surface area contributed by atoms with Gasteiger partial charge in [-0.2, -0.15) is 4.31 Å². The Kier molecular flexibility index (Phi) is 6.43. The first-order chi connectivity index (χ1) is 15.7. The molecule has 9 heteroatoms. The zero-order valence-electron chi connectivity index (χ0n) is 17.9. The maximum Gasteiger partial charge on any atom is 0.396 e. The van der Waals surface area contributed by atoms with Gasteiger partial charge in [0.25, 0.3) is 15.9 Å². The third-order valence-corrected chi connectivity index (χ3v) is 8.10. The largest absolute Gasteiger partial charge is 0.414 e. The Labute approximate surface area is 200 Å². The van der Waals surface area contributed by atoms with Crippen LogP contribution in [-0.2, 0) is 22.9 Å². The van der Waals surface area contributed by atoms with E-state index in [9.17, 15) is 18.0 Å². The van der Waals surface area contributed by atoms with Crippen LogP contribution in [0.2, 0.25) is 5.02 Å². The van der Waals surface area contributed by atoms with Crippen molar-refractivity contribution in [2.45, 2.75) is 31.6 Å². The van der Waals surface area contributed by atoms with E-state index in [1.54, 1.807) is 12.1 Å². The van der Waals surface area contributed by atoms with Gasteiger partial charge in [-0.15, -0.1) is 0 Å². The van der Waals surface area contributed by atoms with Crippen molar-refractivity contribution >= 4 is 54.8 Å². The molecule has 170 valence electrons. The van der Waals surface area contributed by atoms with Crippen LogP contribution in [0.3, 0.4) is 0 Å². The van der Waals surface area contributed by atoms with Crippen LogP contribution in [0.15, 0.2) is 74.8 Å². The fourth-order valence-electron chi connectivity index (χ4n) is 3.51. The second kappa shape index (κ2) is 9.13. The highest BCUT2D eigenvalue weighted by Crippen LogP contribution is 2.32. The van der Waals surface area contributed by atoms with E-state index in [0.29, 0.717) is 33.7 Å². The zero-order valence-corrected chi connectivity index (χ0v) is 20.3. The van der Waals surface area contributed by atoms with Gasteiger partial charge in [-0.3, -0.25) is 4.79 Å². The minimum Gasteiger partial charge on any atom is -0.414 e. The fraction of sp³-hybridized carbons (Fsp3) is 0.167. The van der Waals surface area contributed by atoms with Gasteiger partial charge in [0, 0.05) is 10.6 Å². The van der Waals surface area contributed by atoms with Crippen LogP contribution in [0.1, 0.15) is 35.3 Å². The van der Waals surface area contributed by atoms with Gasteiger partial charge in [0.05, 0.1) is 15.3 Å². The molecule has 0 N–H and O–H groups in total. The van der Waals surface area contributed by atoms with Crippen LogP contribution < -0.4 is 9.24 Å². The highest BCUT2D eigenvalue weighted by Gasteiger charge is 2.34. The summed E-state index contributed by atoms with van der Waals surface area (Å²) < 4.78 is 34.3. The lowest BCUT2D eigenvalue weighted by Gasteiger charge is -2.24. The lowest BCUT2D eigenvalue weighted by Crippen LogP contribution is -2.37. The van der Waals surface area contributed by atoms with E-state index in [4.69, 9.17) is 16.0 Å². The van der Waals surface area contributed by atoms with Crippen LogP contribution >= 0.6 is 22.9 Å². The Morgan fingerprint density at radius 1 is 1.00 bits per heavy atom. The maximum absolute atomic E-state index is 14.0. The molecule has 4 rings (SSSR count). The van der Waals surface area contributed by atoms with Gasteiger partial charge >= 0.3 is 4.94 Å². The van der Waals surface area contributed by atoms with Crippen LogP contribution in [-0.4, -0.2) is 14.3 Å². The van der Waals surface area contributed by atoms with Crippen molar-refractivity contribution in [3.63, 3.8) is 0 Å². The smallest absolute Gasteiger partial charge is 0.396 e. The number of hydrogen-bond donors (Lipinski definition) is 0. The van der Waals surface area contributed by atoms with Gasteiger partial charge in [0.2, 0.25) is 0 Å². The molecule has 0 fully saturated rings. The normalized spacial score (nSPS) is 11.6.